The van der Waals surface area contributed by atoms with Gasteiger partial charge in [0.25, 0.3) is 0 Å². The van der Waals surface area contributed by atoms with Gasteiger partial charge >= 0.3 is 0 Å². The molecule has 23 heavy (non-hydrogen) atoms. The van der Waals surface area contributed by atoms with Crippen LogP contribution in [0.4, 0.5) is 0 Å². The Labute approximate surface area is 141 Å². The number of hydrogen-bond acceptors (Lipinski definition) is 2. The van der Waals surface area contributed by atoms with E-state index in [1.165, 1.54) is 31.5 Å². The van der Waals surface area contributed by atoms with Gasteiger partial charge in [-0.1, -0.05) is 30.3 Å². The van der Waals surface area contributed by atoms with E-state index in [2.05, 4.69) is 66.6 Å². The summed E-state index contributed by atoms with van der Waals surface area (Å²) >= 11 is 0. The number of likely N-dealkylation sites (tertiary alicyclic amines) is 1. The van der Waals surface area contributed by atoms with Gasteiger partial charge in [0.2, 0.25) is 0 Å². The molecular formula is C19H32N4. The van der Waals surface area contributed by atoms with E-state index in [1.54, 1.807) is 0 Å². The van der Waals surface area contributed by atoms with Gasteiger partial charge in [-0.3, -0.25) is 4.99 Å². The number of aliphatic imine (C=N–C) groups is 1. The van der Waals surface area contributed by atoms with Gasteiger partial charge in [0.15, 0.2) is 5.96 Å². The quantitative estimate of drug-likeness (QED) is 0.626. The SMILES string of the molecule is CCNC(=NCCc1ccccc1)NC1CCN(C(C)C)CC1. The van der Waals surface area contributed by atoms with E-state index in [1.807, 2.05) is 0 Å². The van der Waals surface area contributed by atoms with E-state index in [-0.39, 0.29) is 0 Å². The zero-order chi connectivity index (χ0) is 16.5. The third-order valence-electron chi connectivity index (χ3n) is 4.46. The topological polar surface area (TPSA) is 39.7 Å². The molecule has 0 unspecified atom stereocenters. The first kappa shape index (κ1) is 17.8. The van der Waals surface area contributed by atoms with Crippen LogP contribution in [0.25, 0.3) is 0 Å². The molecule has 128 valence electrons. The molecule has 0 aromatic heterocycles. The van der Waals surface area contributed by atoms with Crippen molar-refractivity contribution in [2.24, 2.45) is 4.99 Å². The number of piperidine rings is 1. The number of guanidine groups is 1. The molecule has 4 nitrogen and oxygen atoms in total. The highest BCUT2D eigenvalue weighted by atomic mass is 15.2. The maximum atomic E-state index is 4.74. The molecule has 0 aliphatic carbocycles. The second-order valence-electron chi connectivity index (χ2n) is 6.54. The molecule has 0 saturated carbocycles. The molecule has 1 aliphatic rings. The summed E-state index contributed by atoms with van der Waals surface area (Å²) in [6.45, 7) is 10.8. The van der Waals surface area contributed by atoms with Gasteiger partial charge < -0.3 is 15.5 Å². The lowest BCUT2D eigenvalue weighted by atomic mass is 10.0. The summed E-state index contributed by atoms with van der Waals surface area (Å²) < 4.78 is 0. The first-order chi connectivity index (χ1) is 11.2. The van der Waals surface area contributed by atoms with Crippen molar-refractivity contribution < 1.29 is 0 Å². The molecule has 0 spiro atoms. The first-order valence-electron chi connectivity index (χ1n) is 9.02. The minimum Gasteiger partial charge on any atom is -0.357 e. The summed E-state index contributed by atoms with van der Waals surface area (Å²) in [4.78, 5) is 7.29. The Morgan fingerprint density at radius 3 is 2.52 bits per heavy atom. The number of nitrogens with zero attached hydrogens (tertiary/aromatic N) is 2. The van der Waals surface area contributed by atoms with Gasteiger partial charge in [0.1, 0.15) is 0 Å². The van der Waals surface area contributed by atoms with Crippen LogP contribution in [0, 0.1) is 0 Å². The fourth-order valence-corrected chi connectivity index (χ4v) is 3.02. The van der Waals surface area contributed by atoms with Gasteiger partial charge in [-0.25, -0.2) is 0 Å². The number of nitrogens with one attached hydrogen (secondary N) is 2. The lowest BCUT2D eigenvalue weighted by molar-refractivity contribution is 0.167. The van der Waals surface area contributed by atoms with Crippen LogP contribution >= 0.6 is 0 Å². The average molecular weight is 316 g/mol. The predicted molar refractivity (Wildman–Crippen MR) is 99.0 cm³/mol. The lowest BCUT2D eigenvalue weighted by Crippen LogP contribution is -2.49. The molecule has 1 aromatic rings. The second kappa shape index (κ2) is 9.56. The zero-order valence-electron chi connectivity index (χ0n) is 14.9. The summed E-state index contributed by atoms with van der Waals surface area (Å²) in [5.41, 5.74) is 1.34. The highest BCUT2D eigenvalue weighted by Gasteiger charge is 2.21. The number of rotatable bonds is 6. The summed E-state index contributed by atoms with van der Waals surface area (Å²) in [6.07, 6.45) is 3.38. The Hall–Kier alpha value is -1.55. The molecule has 2 N–H and O–H groups in total. The molecule has 4 heteroatoms. The number of benzene rings is 1. The molecule has 0 radical (unpaired) electrons. The molecule has 1 aromatic carbocycles. The predicted octanol–water partition coefficient (Wildman–Crippen LogP) is 2.66. The van der Waals surface area contributed by atoms with Gasteiger partial charge in [0.05, 0.1) is 0 Å². The van der Waals surface area contributed by atoms with E-state index >= 15 is 0 Å². The molecular weight excluding hydrogens is 284 g/mol. The smallest absolute Gasteiger partial charge is 0.191 e. The van der Waals surface area contributed by atoms with Crippen molar-refractivity contribution in [3.63, 3.8) is 0 Å². The second-order valence-corrected chi connectivity index (χ2v) is 6.54. The van der Waals surface area contributed by atoms with Crippen molar-refractivity contribution in [3.05, 3.63) is 35.9 Å². The van der Waals surface area contributed by atoms with E-state index in [4.69, 9.17) is 4.99 Å². The van der Waals surface area contributed by atoms with Crippen LogP contribution < -0.4 is 10.6 Å². The molecule has 1 fully saturated rings. The van der Waals surface area contributed by atoms with Crippen LogP contribution in [-0.2, 0) is 6.42 Å². The van der Waals surface area contributed by atoms with Gasteiger partial charge in [-0.2, -0.15) is 0 Å². The average Bonchev–Trinajstić information content (AvgIpc) is 2.56. The third-order valence-corrected chi connectivity index (χ3v) is 4.46. The Bertz CT molecular complexity index is 462. The van der Waals surface area contributed by atoms with Gasteiger partial charge in [0, 0.05) is 38.3 Å². The standard InChI is InChI=1S/C19H32N4/c1-4-20-19(21-13-10-17-8-6-5-7-9-17)22-18-11-14-23(15-12-18)16(2)3/h5-9,16,18H,4,10-15H2,1-3H3,(H2,20,21,22). The van der Waals surface area contributed by atoms with Crippen molar-refractivity contribution >= 4 is 5.96 Å². The molecule has 0 atom stereocenters. The largest absolute Gasteiger partial charge is 0.357 e. The van der Waals surface area contributed by atoms with Crippen molar-refractivity contribution in [3.8, 4) is 0 Å². The molecule has 0 amide bonds. The summed E-state index contributed by atoms with van der Waals surface area (Å²) in [5, 5.41) is 6.99. The minimum absolute atomic E-state index is 0.541. The normalized spacial score (nSPS) is 17.5. The summed E-state index contributed by atoms with van der Waals surface area (Å²) in [6, 6.07) is 11.8. The van der Waals surface area contributed by atoms with E-state index in [0.717, 1.165) is 25.5 Å². The van der Waals surface area contributed by atoms with E-state index < -0.39 is 0 Å². The lowest BCUT2D eigenvalue weighted by Gasteiger charge is -2.35. The molecule has 1 heterocycles. The van der Waals surface area contributed by atoms with Crippen LogP contribution in [0.15, 0.2) is 35.3 Å². The monoisotopic (exact) mass is 316 g/mol. The highest BCUT2D eigenvalue weighted by Crippen LogP contribution is 2.12. The van der Waals surface area contributed by atoms with Crippen molar-refractivity contribution in [1.82, 2.24) is 15.5 Å². The summed E-state index contributed by atoms with van der Waals surface area (Å²) in [7, 11) is 0. The zero-order valence-corrected chi connectivity index (χ0v) is 14.9. The Kier molecular flexibility index (Phi) is 7.40. The van der Waals surface area contributed by atoms with Crippen LogP contribution in [0.5, 0.6) is 0 Å². The number of hydrogen-bond donors (Lipinski definition) is 2. The Balaban J connectivity index is 1.80. The van der Waals surface area contributed by atoms with Crippen molar-refractivity contribution in [2.45, 2.75) is 52.1 Å². The van der Waals surface area contributed by atoms with E-state index in [0.29, 0.717) is 12.1 Å². The summed E-state index contributed by atoms with van der Waals surface area (Å²) in [5.74, 6) is 0.964. The Morgan fingerprint density at radius 1 is 1.22 bits per heavy atom. The minimum atomic E-state index is 0.541. The van der Waals surface area contributed by atoms with Crippen molar-refractivity contribution in [2.75, 3.05) is 26.2 Å². The van der Waals surface area contributed by atoms with Gasteiger partial charge in [-0.15, -0.1) is 0 Å². The maximum absolute atomic E-state index is 4.74. The van der Waals surface area contributed by atoms with Crippen LogP contribution in [0.3, 0.4) is 0 Å². The highest BCUT2D eigenvalue weighted by molar-refractivity contribution is 5.80. The molecule has 1 aliphatic heterocycles. The Morgan fingerprint density at radius 2 is 1.91 bits per heavy atom. The van der Waals surface area contributed by atoms with Crippen LogP contribution in [0.2, 0.25) is 0 Å². The molecule has 0 bridgehead atoms. The van der Waals surface area contributed by atoms with Crippen LogP contribution in [-0.4, -0.2) is 49.1 Å². The van der Waals surface area contributed by atoms with Crippen LogP contribution in [0.1, 0.15) is 39.2 Å². The van der Waals surface area contributed by atoms with Crippen molar-refractivity contribution in [1.29, 1.82) is 0 Å². The fraction of sp³-hybridized carbons (Fsp3) is 0.632. The van der Waals surface area contributed by atoms with Gasteiger partial charge in [-0.05, 0) is 45.6 Å². The molecule has 2 rings (SSSR count). The third kappa shape index (κ3) is 6.22. The first-order valence-corrected chi connectivity index (χ1v) is 9.02. The fourth-order valence-electron chi connectivity index (χ4n) is 3.02. The molecule has 1 saturated heterocycles. The van der Waals surface area contributed by atoms with E-state index in [9.17, 15) is 0 Å². The maximum Gasteiger partial charge on any atom is 0.191 e.